The van der Waals surface area contributed by atoms with Crippen molar-refractivity contribution in [1.82, 2.24) is 9.62 Å². The van der Waals surface area contributed by atoms with E-state index in [1.54, 1.807) is 37.4 Å². The van der Waals surface area contributed by atoms with Crippen LogP contribution in [-0.2, 0) is 10.0 Å². The summed E-state index contributed by atoms with van der Waals surface area (Å²) < 4.78 is 33.7. The maximum absolute atomic E-state index is 12.5. The molecule has 2 N–H and O–H groups in total. The first-order valence-electron chi connectivity index (χ1n) is 9.86. The Hall–Kier alpha value is -1.69. The van der Waals surface area contributed by atoms with E-state index in [-0.39, 0.29) is 10.8 Å². The number of benzene rings is 2. The highest BCUT2D eigenvalue weighted by Crippen LogP contribution is 2.22. The molecule has 0 aliphatic carbocycles. The van der Waals surface area contributed by atoms with Crippen LogP contribution >= 0.6 is 22.6 Å². The maximum Gasteiger partial charge on any atom is 0.255 e. The molecule has 1 aliphatic rings. The number of ether oxygens (including phenoxy) is 1. The molecule has 162 valence electrons. The molecule has 2 aromatic rings. The number of hydrogen-bond acceptors (Lipinski definition) is 5. The Morgan fingerprint density at radius 2 is 1.80 bits per heavy atom. The summed E-state index contributed by atoms with van der Waals surface area (Å²) >= 11 is 2.11. The van der Waals surface area contributed by atoms with Crippen molar-refractivity contribution in [3.63, 3.8) is 0 Å². The summed E-state index contributed by atoms with van der Waals surface area (Å²) in [5.41, 5.74) is 1.02. The van der Waals surface area contributed by atoms with Gasteiger partial charge in [0.1, 0.15) is 5.75 Å². The average Bonchev–Trinajstić information content (AvgIpc) is 2.74. The third-order valence-corrected chi connectivity index (χ3v) is 7.33. The fourth-order valence-corrected chi connectivity index (χ4v) is 5.09. The molecular formula is C21H26IN3O4S. The van der Waals surface area contributed by atoms with Gasteiger partial charge in [-0.25, -0.2) is 13.1 Å². The van der Waals surface area contributed by atoms with Crippen LogP contribution in [0.3, 0.4) is 0 Å². The minimum atomic E-state index is -3.58. The number of amides is 1. The Morgan fingerprint density at radius 3 is 2.43 bits per heavy atom. The Bertz CT molecular complexity index is 974. The number of methoxy groups -OCH3 is 1. The van der Waals surface area contributed by atoms with E-state index in [1.807, 2.05) is 0 Å². The van der Waals surface area contributed by atoms with Crippen molar-refractivity contribution in [1.29, 1.82) is 0 Å². The molecule has 0 atom stereocenters. The van der Waals surface area contributed by atoms with Crippen LogP contribution < -0.4 is 14.8 Å². The van der Waals surface area contributed by atoms with E-state index in [1.165, 1.54) is 31.4 Å². The molecule has 0 aromatic heterocycles. The van der Waals surface area contributed by atoms with E-state index in [0.717, 1.165) is 16.7 Å². The monoisotopic (exact) mass is 543 g/mol. The molecule has 9 heteroatoms. The van der Waals surface area contributed by atoms with Crippen molar-refractivity contribution in [2.45, 2.75) is 24.2 Å². The molecule has 7 nitrogen and oxygen atoms in total. The van der Waals surface area contributed by atoms with Crippen LogP contribution in [0.15, 0.2) is 47.4 Å². The fraction of sp³-hybridized carbons (Fsp3) is 0.381. The van der Waals surface area contributed by atoms with Crippen LogP contribution in [0, 0.1) is 3.57 Å². The SMILES string of the molecule is COc1ccc(C(=O)Nc2ccc(S(=O)(=O)NCCN3CCCCC3)cc2)cc1I. The first-order valence-corrected chi connectivity index (χ1v) is 12.4. The predicted molar refractivity (Wildman–Crippen MR) is 126 cm³/mol. The van der Waals surface area contributed by atoms with E-state index < -0.39 is 10.0 Å². The van der Waals surface area contributed by atoms with Crippen molar-refractivity contribution < 1.29 is 17.9 Å². The second kappa shape index (κ2) is 10.6. The van der Waals surface area contributed by atoms with Crippen LogP contribution in [0.5, 0.6) is 5.75 Å². The quantitative estimate of drug-likeness (QED) is 0.499. The van der Waals surface area contributed by atoms with Crippen molar-refractivity contribution in [2.24, 2.45) is 0 Å². The van der Waals surface area contributed by atoms with Crippen molar-refractivity contribution in [3.8, 4) is 5.75 Å². The van der Waals surface area contributed by atoms with Gasteiger partial charge in [-0.15, -0.1) is 0 Å². The number of halogens is 1. The maximum atomic E-state index is 12.5. The average molecular weight is 543 g/mol. The van der Waals surface area contributed by atoms with Crippen LogP contribution in [0.1, 0.15) is 29.6 Å². The number of hydrogen-bond donors (Lipinski definition) is 2. The number of sulfonamides is 1. The van der Waals surface area contributed by atoms with Crippen molar-refractivity contribution in [2.75, 3.05) is 38.6 Å². The lowest BCUT2D eigenvalue weighted by atomic mass is 10.1. The van der Waals surface area contributed by atoms with Gasteiger partial charge in [0.25, 0.3) is 5.91 Å². The highest BCUT2D eigenvalue weighted by molar-refractivity contribution is 14.1. The van der Waals surface area contributed by atoms with Gasteiger partial charge in [0.05, 0.1) is 15.6 Å². The van der Waals surface area contributed by atoms with Gasteiger partial charge in [-0.1, -0.05) is 6.42 Å². The van der Waals surface area contributed by atoms with Gasteiger partial charge in [0.2, 0.25) is 10.0 Å². The van der Waals surface area contributed by atoms with Gasteiger partial charge in [-0.2, -0.15) is 0 Å². The summed E-state index contributed by atoms with van der Waals surface area (Å²) in [4.78, 5) is 14.9. The second-order valence-corrected chi connectivity index (χ2v) is 10.1. The minimum Gasteiger partial charge on any atom is -0.496 e. The summed E-state index contributed by atoms with van der Waals surface area (Å²) in [7, 11) is -2.00. The second-order valence-electron chi connectivity index (χ2n) is 7.13. The van der Waals surface area contributed by atoms with Crippen molar-refractivity contribution >= 4 is 44.2 Å². The summed E-state index contributed by atoms with van der Waals surface area (Å²) in [5, 5.41) is 2.78. The Labute approximate surface area is 191 Å². The molecule has 1 fully saturated rings. The molecule has 30 heavy (non-hydrogen) atoms. The zero-order valence-corrected chi connectivity index (χ0v) is 19.8. The largest absolute Gasteiger partial charge is 0.496 e. The lowest BCUT2D eigenvalue weighted by Crippen LogP contribution is -2.37. The fourth-order valence-electron chi connectivity index (χ4n) is 3.33. The number of likely N-dealkylation sites (tertiary alicyclic amines) is 1. The van der Waals surface area contributed by atoms with Crippen LogP contribution in [-0.4, -0.2) is 52.5 Å². The number of nitrogens with zero attached hydrogens (tertiary/aromatic N) is 1. The highest BCUT2D eigenvalue weighted by atomic mass is 127. The Kier molecular flexibility index (Phi) is 8.09. The van der Waals surface area contributed by atoms with Gasteiger partial charge in [-0.3, -0.25) is 4.79 Å². The van der Waals surface area contributed by atoms with Gasteiger partial charge in [0, 0.05) is 24.3 Å². The van der Waals surface area contributed by atoms with E-state index in [0.29, 0.717) is 30.1 Å². The summed E-state index contributed by atoms with van der Waals surface area (Å²) in [6.45, 7) is 3.16. The summed E-state index contributed by atoms with van der Waals surface area (Å²) in [5.74, 6) is 0.431. The molecule has 1 saturated heterocycles. The lowest BCUT2D eigenvalue weighted by Gasteiger charge is -2.26. The standard InChI is InChI=1S/C21H26IN3O4S/c1-29-20-10-5-16(15-19(20)22)21(26)24-17-6-8-18(9-7-17)30(27,28)23-11-14-25-12-3-2-4-13-25/h5-10,15,23H,2-4,11-14H2,1H3,(H,24,26). The highest BCUT2D eigenvalue weighted by Gasteiger charge is 2.16. The van der Waals surface area contributed by atoms with E-state index >= 15 is 0 Å². The lowest BCUT2D eigenvalue weighted by molar-refractivity contribution is 0.102. The van der Waals surface area contributed by atoms with E-state index in [4.69, 9.17) is 4.74 Å². The Morgan fingerprint density at radius 1 is 1.10 bits per heavy atom. The number of carbonyl (C=O) groups is 1. The number of nitrogens with one attached hydrogen (secondary N) is 2. The van der Waals surface area contributed by atoms with Gasteiger partial charge in [-0.05, 0) is 91.0 Å². The smallest absolute Gasteiger partial charge is 0.255 e. The summed E-state index contributed by atoms with van der Waals surface area (Å²) in [6, 6.07) is 11.3. The third-order valence-electron chi connectivity index (χ3n) is 5.01. The van der Waals surface area contributed by atoms with Crippen LogP contribution in [0.2, 0.25) is 0 Å². The molecule has 0 spiro atoms. The van der Waals surface area contributed by atoms with E-state index in [9.17, 15) is 13.2 Å². The molecule has 1 amide bonds. The Balaban J connectivity index is 1.56. The molecule has 0 saturated carbocycles. The van der Waals surface area contributed by atoms with Crippen LogP contribution in [0.25, 0.3) is 0 Å². The number of piperidine rings is 1. The first kappa shape index (κ1) is 23.0. The van der Waals surface area contributed by atoms with E-state index in [2.05, 4.69) is 37.5 Å². The first-order chi connectivity index (χ1) is 14.4. The predicted octanol–water partition coefficient (Wildman–Crippen LogP) is 3.32. The minimum absolute atomic E-state index is 0.179. The van der Waals surface area contributed by atoms with Crippen molar-refractivity contribution in [3.05, 3.63) is 51.6 Å². The molecule has 1 aliphatic heterocycles. The molecule has 0 unspecified atom stereocenters. The zero-order valence-electron chi connectivity index (χ0n) is 16.9. The number of anilines is 1. The third kappa shape index (κ3) is 6.16. The molecular weight excluding hydrogens is 517 g/mol. The molecule has 2 aromatic carbocycles. The molecule has 3 rings (SSSR count). The van der Waals surface area contributed by atoms with Gasteiger partial charge < -0.3 is 15.0 Å². The zero-order chi connectivity index (χ0) is 21.6. The van der Waals surface area contributed by atoms with Gasteiger partial charge in [0.15, 0.2) is 0 Å². The van der Waals surface area contributed by atoms with Crippen LogP contribution in [0.4, 0.5) is 5.69 Å². The number of rotatable bonds is 8. The van der Waals surface area contributed by atoms with Gasteiger partial charge >= 0.3 is 0 Å². The normalized spacial score (nSPS) is 15.0. The summed E-state index contributed by atoms with van der Waals surface area (Å²) in [6.07, 6.45) is 3.61. The molecule has 1 heterocycles. The topological polar surface area (TPSA) is 87.7 Å². The molecule has 0 bridgehead atoms. The molecule has 0 radical (unpaired) electrons. The number of carbonyl (C=O) groups excluding carboxylic acids is 1.